The van der Waals surface area contributed by atoms with Crippen molar-refractivity contribution in [3.63, 3.8) is 0 Å². The van der Waals surface area contributed by atoms with Gasteiger partial charge in [-0.15, -0.1) is 0 Å². The van der Waals surface area contributed by atoms with E-state index >= 15 is 0 Å². The van der Waals surface area contributed by atoms with Gasteiger partial charge in [0.2, 0.25) is 0 Å². The predicted molar refractivity (Wildman–Crippen MR) is 74.8 cm³/mol. The molecule has 0 saturated heterocycles. The number of aliphatic hydroxyl groups excluding tert-OH is 1. The molecule has 0 aliphatic rings. The minimum absolute atomic E-state index is 0.233. The summed E-state index contributed by atoms with van der Waals surface area (Å²) in [6.45, 7) is 4.82. The average molecular weight is 264 g/mol. The van der Waals surface area contributed by atoms with Crippen molar-refractivity contribution < 1.29 is 5.11 Å². The van der Waals surface area contributed by atoms with Crippen LogP contribution in [0, 0.1) is 5.92 Å². The van der Waals surface area contributed by atoms with Gasteiger partial charge in [0.25, 0.3) is 0 Å². The number of hydrogen-bond acceptors (Lipinski definition) is 1. The SMILES string of the molecule is CC(C)C(O)c1ccn(Cc2ccc(Cl)cc2)c1. The normalized spacial score (nSPS) is 12.9. The Balaban J connectivity index is 2.09. The summed E-state index contributed by atoms with van der Waals surface area (Å²) in [7, 11) is 0. The minimum atomic E-state index is -0.392. The zero-order chi connectivity index (χ0) is 13.1. The first-order valence-corrected chi connectivity index (χ1v) is 6.52. The standard InChI is InChI=1S/C15H18ClNO/c1-11(2)15(18)13-7-8-17(10-13)9-12-3-5-14(16)6-4-12/h3-8,10-11,15,18H,9H2,1-2H3. The molecule has 0 radical (unpaired) electrons. The molecule has 0 aliphatic carbocycles. The van der Waals surface area contributed by atoms with Gasteiger partial charge in [-0.25, -0.2) is 0 Å². The molecule has 2 aromatic rings. The molecular formula is C15H18ClNO. The third-order valence-corrected chi connectivity index (χ3v) is 3.28. The van der Waals surface area contributed by atoms with Gasteiger partial charge in [-0.3, -0.25) is 0 Å². The molecule has 0 saturated carbocycles. The van der Waals surface area contributed by atoms with E-state index in [1.54, 1.807) is 0 Å². The van der Waals surface area contributed by atoms with Crippen LogP contribution < -0.4 is 0 Å². The highest BCUT2D eigenvalue weighted by Gasteiger charge is 2.12. The Labute approximate surface area is 113 Å². The molecule has 1 unspecified atom stereocenters. The third-order valence-electron chi connectivity index (χ3n) is 3.02. The third kappa shape index (κ3) is 3.15. The predicted octanol–water partition coefficient (Wildman–Crippen LogP) is 3.88. The quantitative estimate of drug-likeness (QED) is 0.890. The lowest BCUT2D eigenvalue weighted by Gasteiger charge is -2.12. The van der Waals surface area contributed by atoms with Crippen molar-refractivity contribution in [1.82, 2.24) is 4.57 Å². The Hall–Kier alpha value is -1.25. The van der Waals surface area contributed by atoms with E-state index in [1.807, 2.05) is 56.6 Å². The van der Waals surface area contributed by atoms with Crippen molar-refractivity contribution in [3.8, 4) is 0 Å². The summed E-state index contributed by atoms with van der Waals surface area (Å²) in [5, 5.41) is 10.7. The average Bonchev–Trinajstić information content (AvgIpc) is 2.79. The van der Waals surface area contributed by atoms with Crippen LogP contribution in [-0.2, 0) is 6.54 Å². The largest absolute Gasteiger partial charge is 0.388 e. The molecule has 1 atom stereocenters. The zero-order valence-electron chi connectivity index (χ0n) is 10.7. The van der Waals surface area contributed by atoms with Crippen LogP contribution in [0.1, 0.15) is 31.1 Å². The minimum Gasteiger partial charge on any atom is -0.388 e. The smallest absolute Gasteiger partial charge is 0.0827 e. The lowest BCUT2D eigenvalue weighted by atomic mass is 10.0. The lowest BCUT2D eigenvalue weighted by Crippen LogP contribution is -2.04. The van der Waals surface area contributed by atoms with E-state index < -0.39 is 6.10 Å². The maximum absolute atomic E-state index is 9.98. The molecular weight excluding hydrogens is 246 g/mol. The van der Waals surface area contributed by atoms with Gasteiger partial charge in [-0.2, -0.15) is 0 Å². The van der Waals surface area contributed by atoms with E-state index in [-0.39, 0.29) is 5.92 Å². The van der Waals surface area contributed by atoms with Crippen LogP contribution in [0.25, 0.3) is 0 Å². The number of aromatic nitrogens is 1. The van der Waals surface area contributed by atoms with Gasteiger partial charge in [0.05, 0.1) is 6.10 Å². The van der Waals surface area contributed by atoms with E-state index in [9.17, 15) is 5.11 Å². The Morgan fingerprint density at radius 1 is 1.17 bits per heavy atom. The maximum atomic E-state index is 9.98. The highest BCUT2D eigenvalue weighted by atomic mass is 35.5. The number of hydrogen-bond donors (Lipinski definition) is 1. The second-order valence-corrected chi connectivity index (χ2v) is 5.37. The number of halogens is 1. The number of rotatable bonds is 4. The topological polar surface area (TPSA) is 25.2 Å². The monoisotopic (exact) mass is 263 g/mol. The number of nitrogens with zero attached hydrogens (tertiary/aromatic N) is 1. The van der Waals surface area contributed by atoms with Gasteiger partial charge in [-0.05, 0) is 35.2 Å². The van der Waals surface area contributed by atoms with E-state index in [0.717, 1.165) is 17.1 Å². The Kier molecular flexibility index (Phi) is 4.10. The van der Waals surface area contributed by atoms with Gasteiger partial charge in [-0.1, -0.05) is 37.6 Å². The summed E-state index contributed by atoms with van der Waals surface area (Å²) in [5.74, 6) is 0.233. The van der Waals surface area contributed by atoms with Crippen LogP contribution in [-0.4, -0.2) is 9.67 Å². The van der Waals surface area contributed by atoms with Crippen LogP contribution in [0.5, 0.6) is 0 Å². The zero-order valence-corrected chi connectivity index (χ0v) is 11.4. The van der Waals surface area contributed by atoms with Crippen molar-refractivity contribution >= 4 is 11.6 Å². The Morgan fingerprint density at radius 3 is 2.44 bits per heavy atom. The molecule has 2 rings (SSSR count). The van der Waals surface area contributed by atoms with Crippen LogP contribution in [0.2, 0.25) is 5.02 Å². The number of aliphatic hydroxyl groups is 1. The Morgan fingerprint density at radius 2 is 1.83 bits per heavy atom. The highest BCUT2D eigenvalue weighted by molar-refractivity contribution is 6.30. The molecule has 0 bridgehead atoms. The summed E-state index contributed by atoms with van der Waals surface area (Å²) < 4.78 is 2.07. The molecule has 96 valence electrons. The fraction of sp³-hybridized carbons (Fsp3) is 0.333. The van der Waals surface area contributed by atoms with Gasteiger partial charge in [0, 0.05) is 24.0 Å². The second-order valence-electron chi connectivity index (χ2n) is 4.93. The summed E-state index contributed by atoms with van der Waals surface area (Å²) in [6.07, 6.45) is 3.60. The van der Waals surface area contributed by atoms with Gasteiger partial charge >= 0.3 is 0 Å². The first-order valence-electron chi connectivity index (χ1n) is 6.14. The van der Waals surface area contributed by atoms with Crippen molar-refractivity contribution in [2.45, 2.75) is 26.5 Å². The van der Waals surface area contributed by atoms with Crippen LogP contribution in [0.15, 0.2) is 42.7 Å². The summed E-state index contributed by atoms with van der Waals surface area (Å²) in [5.41, 5.74) is 2.17. The van der Waals surface area contributed by atoms with E-state index in [2.05, 4.69) is 4.57 Å². The first kappa shape index (κ1) is 13.2. The molecule has 1 aromatic carbocycles. The summed E-state index contributed by atoms with van der Waals surface area (Å²) in [6, 6.07) is 9.79. The van der Waals surface area contributed by atoms with Crippen molar-refractivity contribution in [3.05, 3.63) is 58.9 Å². The molecule has 0 spiro atoms. The van der Waals surface area contributed by atoms with Crippen molar-refractivity contribution in [2.75, 3.05) is 0 Å². The van der Waals surface area contributed by atoms with Crippen molar-refractivity contribution in [1.29, 1.82) is 0 Å². The number of benzene rings is 1. The molecule has 18 heavy (non-hydrogen) atoms. The van der Waals surface area contributed by atoms with E-state index in [0.29, 0.717) is 0 Å². The van der Waals surface area contributed by atoms with Crippen molar-refractivity contribution in [2.24, 2.45) is 5.92 Å². The first-order chi connectivity index (χ1) is 8.56. The molecule has 1 aromatic heterocycles. The second kappa shape index (κ2) is 5.59. The fourth-order valence-corrected chi connectivity index (χ4v) is 2.04. The highest BCUT2D eigenvalue weighted by Crippen LogP contribution is 2.21. The maximum Gasteiger partial charge on any atom is 0.0827 e. The van der Waals surface area contributed by atoms with Gasteiger partial charge in [0.1, 0.15) is 0 Å². The van der Waals surface area contributed by atoms with E-state index in [1.165, 1.54) is 5.56 Å². The van der Waals surface area contributed by atoms with E-state index in [4.69, 9.17) is 11.6 Å². The van der Waals surface area contributed by atoms with Crippen LogP contribution in [0.4, 0.5) is 0 Å². The van der Waals surface area contributed by atoms with Crippen LogP contribution in [0.3, 0.4) is 0 Å². The van der Waals surface area contributed by atoms with Crippen LogP contribution >= 0.6 is 11.6 Å². The fourth-order valence-electron chi connectivity index (χ4n) is 1.92. The summed E-state index contributed by atoms with van der Waals surface area (Å²) in [4.78, 5) is 0. The molecule has 3 heteroatoms. The van der Waals surface area contributed by atoms with Gasteiger partial charge < -0.3 is 9.67 Å². The molecule has 1 heterocycles. The molecule has 0 amide bonds. The molecule has 0 fully saturated rings. The Bertz CT molecular complexity index is 501. The molecule has 0 aliphatic heterocycles. The molecule has 2 nitrogen and oxygen atoms in total. The van der Waals surface area contributed by atoms with Gasteiger partial charge in [0.15, 0.2) is 0 Å². The summed E-state index contributed by atoms with van der Waals surface area (Å²) >= 11 is 5.86. The molecule has 1 N–H and O–H groups in total. The lowest BCUT2D eigenvalue weighted by molar-refractivity contribution is 0.127.